The molecule has 0 aliphatic heterocycles. The van der Waals surface area contributed by atoms with Crippen molar-refractivity contribution in [1.29, 1.82) is 0 Å². The summed E-state index contributed by atoms with van der Waals surface area (Å²) in [6.45, 7) is 11.7. The van der Waals surface area contributed by atoms with Crippen molar-refractivity contribution in [2.75, 3.05) is 0 Å². The lowest BCUT2D eigenvalue weighted by atomic mass is 10.2. The highest BCUT2D eigenvalue weighted by atomic mass is 16.5. The van der Waals surface area contributed by atoms with Crippen molar-refractivity contribution in [1.82, 2.24) is 0 Å². The molecule has 0 unspecified atom stereocenters. The van der Waals surface area contributed by atoms with Crippen LogP contribution in [0.5, 0.6) is 5.75 Å². The quantitative estimate of drug-likeness (QED) is 0.519. The normalized spacial score (nSPS) is 10.7. The predicted molar refractivity (Wildman–Crippen MR) is 76.2 cm³/mol. The lowest BCUT2D eigenvalue weighted by molar-refractivity contribution is 0.444. The van der Waals surface area contributed by atoms with E-state index >= 15 is 0 Å². The number of ether oxygens (including phenoxy) is 1. The van der Waals surface area contributed by atoms with Gasteiger partial charge in [-0.15, -0.1) is 0 Å². The Morgan fingerprint density at radius 2 is 1.76 bits per heavy atom. The van der Waals surface area contributed by atoms with Gasteiger partial charge in [-0.3, -0.25) is 0 Å². The zero-order chi connectivity index (χ0) is 13.1. The molecule has 1 heteroatoms. The Hall–Kier alpha value is -1.76. The first kappa shape index (κ1) is 15.2. The van der Waals surface area contributed by atoms with E-state index in [0.717, 1.165) is 11.5 Å². The smallest absolute Gasteiger partial charge is 0.127 e. The fourth-order valence-corrected chi connectivity index (χ4v) is 1.15. The van der Waals surface area contributed by atoms with E-state index in [9.17, 15) is 0 Å². The molecule has 92 valence electrons. The predicted octanol–water partition coefficient (Wildman–Crippen LogP) is 5.05. The van der Waals surface area contributed by atoms with Crippen LogP contribution in [0, 0.1) is 6.92 Å². The van der Waals surface area contributed by atoms with Crippen LogP contribution < -0.4 is 4.74 Å². The van der Waals surface area contributed by atoms with Gasteiger partial charge in [-0.25, -0.2) is 0 Å². The van der Waals surface area contributed by atoms with Crippen molar-refractivity contribution in [2.24, 2.45) is 0 Å². The second kappa shape index (κ2) is 9.46. The molecule has 0 saturated heterocycles. The highest BCUT2D eigenvalue weighted by molar-refractivity contribution is 5.30. The van der Waals surface area contributed by atoms with Crippen molar-refractivity contribution in [3.63, 3.8) is 0 Å². The molecule has 1 aromatic carbocycles. The van der Waals surface area contributed by atoms with Gasteiger partial charge in [-0.1, -0.05) is 50.3 Å². The SMILES string of the molecule is C=C/C=C(\C=C/C)Oc1ccc(C)cc1.CC. The molecule has 0 amide bonds. The van der Waals surface area contributed by atoms with Gasteiger partial charge in [-0.2, -0.15) is 0 Å². The standard InChI is InChI=1S/C14H16O.C2H6/c1-4-6-13(7-5-2)15-14-10-8-12(3)9-11-14;1-2/h4-11H,1H2,2-3H3;1-2H3/b7-5-,13-6+;. The highest BCUT2D eigenvalue weighted by Gasteiger charge is 1.95. The van der Waals surface area contributed by atoms with Gasteiger partial charge in [0.15, 0.2) is 0 Å². The molecular formula is C16H22O. The minimum atomic E-state index is 0.788. The average Bonchev–Trinajstić information content (AvgIpc) is 2.35. The number of benzene rings is 1. The van der Waals surface area contributed by atoms with Crippen molar-refractivity contribution in [3.8, 4) is 5.75 Å². The van der Waals surface area contributed by atoms with Crippen LogP contribution in [0.25, 0.3) is 0 Å². The van der Waals surface area contributed by atoms with Crippen molar-refractivity contribution in [2.45, 2.75) is 27.7 Å². The number of hydrogen-bond donors (Lipinski definition) is 0. The summed E-state index contributed by atoms with van der Waals surface area (Å²) >= 11 is 0. The monoisotopic (exact) mass is 230 g/mol. The fraction of sp³-hybridized carbons (Fsp3) is 0.250. The summed E-state index contributed by atoms with van der Waals surface area (Å²) in [5, 5.41) is 0. The second-order valence-electron chi connectivity index (χ2n) is 3.22. The van der Waals surface area contributed by atoms with E-state index in [1.165, 1.54) is 5.56 Å². The Morgan fingerprint density at radius 1 is 1.18 bits per heavy atom. The van der Waals surface area contributed by atoms with Crippen molar-refractivity contribution in [3.05, 3.63) is 66.5 Å². The maximum Gasteiger partial charge on any atom is 0.127 e. The largest absolute Gasteiger partial charge is 0.457 e. The summed E-state index contributed by atoms with van der Waals surface area (Å²) in [5.41, 5.74) is 1.22. The van der Waals surface area contributed by atoms with Gasteiger partial charge in [0.2, 0.25) is 0 Å². The molecule has 0 bridgehead atoms. The van der Waals surface area contributed by atoms with Crippen LogP contribution in [0.3, 0.4) is 0 Å². The molecular weight excluding hydrogens is 208 g/mol. The van der Waals surface area contributed by atoms with E-state index in [2.05, 4.69) is 13.5 Å². The molecule has 0 aromatic heterocycles. The van der Waals surface area contributed by atoms with E-state index in [1.54, 1.807) is 6.08 Å². The van der Waals surface area contributed by atoms with Crippen LogP contribution in [0.2, 0.25) is 0 Å². The first-order valence-corrected chi connectivity index (χ1v) is 5.96. The molecule has 0 N–H and O–H groups in total. The average molecular weight is 230 g/mol. The molecule has 0 fully saturated rings. The molecule has 0 radical (unpaired) electrons. The third-order valence-corrected chi connectivity index (χ3v) is 1.87. The maximum absolute atomic E-state index is 5.65. The zero-order valence-corrected chi connectivity index (χ0v) is 11.2. The van der Waals surface area contributed by atoms with E-state index in [1.807, 2.05) is 63.3 Å². The lowest BCUT2D eigenvalue weighted by Crippen LogP contribution is -1.91. The third kappa shape index (κ3) is 6.41. The Morgan fingerprint density at radius 3 is 2.24 bits per heavy atom. The molecule has 0 spiro atoms. The molecule has 0 atom stereocenters. The van der Waals surface area contributed by atoms with Crippen LogP contribution in [0.15, 0.2) is 60.9 Å². The Bertz CT molecular complexity index is 369. The summed E-state index contributed by atoms with van der Waals surface area (Å²) in [7, 11) is 0. The molecule has 0 heterocycles. The van der Waals surface area contributed by atoms with Crippen molar-refractivity contribution < 1.29 is 4.74 Å². The minimum Gasteiger partial charge on any atom is -0.457 e. The molecule has 0 saturated carbocycles. The maximum atomic E-state index is 5.65. The van der Waals surface area contributed by atoms with Gasteiger partial charge >= 0.3 is 0 Å². The Balaban J connectivity index is 0.00000121. The third-order valence-electron chi connectivity index (χ3n) is 1.87. The summed E-state index contributed by atoms with van der Waals surface area (Å²) in [6.07, 6.45) is 7.38. The van der Waals surface area contributed by atoms with E-state index in [4.69, 9.17) is 4.74 Å². The number of aryl methyl sites for hydroxylation is 1. The Kier molecular flexibility index (Phi) is 8.48. The van der Waals surface area contributed by atoms with E-state index in [0.29, 0.717) is 0 Å². The zero-order valence-electron chi connectivity index (χ0n) is 11.2. The summed E-state index contributed by atoms with van der Waals surface area (Å²) in [6, 6.07) is 7.96. The first-order valence-electron chi connectivity index (χ1n) is 5.96. The topological polar surface area (TPSA) is 9.23 Å². The van der Waals surface area contributed by atoms with Crippen LogP contribution in [-0.2, 0) is 0 Å². The van der Waals surface area contributed by atoms with Crippen LogP contribution >= 0.6 is 0 Å². The summed E-state index contributed by atoms with van der Waals surface area (Å²) in [4.78, 5) is 0. The number of allylic oxidation sites excluding steroid dienone is 4. The molecule has 0 aliphatic rings. The van der Waals surface area contributed by atoms with Gasteiger partial charge < -0.3 is 4.74 Å². The summed E-state index contributed by atoms with van der Waals surface area (Å²) in [5.74, 6) is 1.63. The van der Waals surface area contributed by atoms with E-state index < -0.39 is 0 Å². The second-order valence-corrected chi connectivity index (χ2v) is 3.22. The summed E-state index contributed by atoms with van der Waals surface area (Å²) < 4.78 is 5.65. The van der Waals surface area contributed by atoms with Gasteiger partial charge in [-0.05, 0) is 38.1 Å². The van der Waals surface area contributed by atoms with Gasteiger partial charge in [0, 0.05) is 0 Å². The van der Waals surface area contributed by atoms with Crippen LogP contribution in [0.1, 0.15) is 26.3 Å². The highest BCUT2D eigenvalue weighted by Crippen LogP contribution is 2.15. The molecule has 1 aromatic rings. The Labute approximate surface area is 105 Å². The molecule has 0 aliphatic carbocycles. The molecule has 1 rings (SSSR count). The lowest BCUT2D eigenvalue weighted by Gasteiger charge is -2.05. The van der Waals surface area contributed by atoms with Gasteiger partial charge in [0.1, 0.15) is 11.5 Å². The number of rotatable bonds is 4. The fourth-order valence-electron chi connectivity index (χ4n) is 1.15. The van der Waals surface area contributed by atoms with Gasteiger partial charge in [0.25, 0.3) is 0 Å². The minimum absolute atomic E-state index is 0.788. The van der Waals surface area contributed by atoms with Crippen LogP contribution in [-0.4, -0.2) is 0 Å². The molecule has 17 heavy (non-hydrogen) atoms. The van der Waals surface area contributed by atoms with Crippen LogP contribution in [0.4, 0.5) is 0 Å². The molecule has 1 nitrogen and oxygen atoms in total. The first-order chi connectivity index (χ1) is 8.26. The van der Waals surface area contributed by atoms with E-state index in [-0.39, 0.29) is 0 Å². The van der Waals surface area contributed by atoms with Crippen molar-refractivity contribution >= 4 is 0 Å². The van der Waals surface area contributed by atoms with Gasteiger partial charge in [0.05, 0.1) is 0 Å². The number of hydrogen-bond acceptors (Lipinski definition) is 1.